The Bertz CT molecular complexity index is 502. The summed E-state index contributed by atoms with van der Waals surface area (Å²) >= 11 is 6.93. The van der Waals surface area contributed by atoms with E-state index in [2.05, 4.69) is 54.5 Å². The van der Waals surface area contributed by atoms with Gasteiger partial charge in [0.2, 0.25) is 0 Å². The first-order chi connectivity index (χ1) is 8.61. The average Bonchev–Trinajstić information content (AvgIpc) is 2.69. The summed E-state index contributed by atoms with van der Waals surface area (Å²) in [4.78, 5) is 0. The van der Waals surface area contributed by atoms with Crippen LogP contribution in [0.2, 0.25) is 0 Å². The number of hydrogen-bond donors (Lipinski definition) is 2. The fourth-order valence-corrected chi connectivity index (χ4v) is 2.79. The van der Waals surface area contributed by atoms with E-state index in [-0.39, 0.29) is 6.04 Å². The molecule has 0 fully saturated rings. The molecule has 1 atom stereocenters. The molecule has 2 rings (SSSR count). The van der Waals surface area contributed by atoms with Crippen molar-refractivity contribution < 1.29 is 0 Å². The van der Waals surface area contributed by atoms with E-state index in [4.69, 9.17) is 5.84 Å². The predicted octanol–water partition coefficient (Wildman–Crippen LogP) is 2.69. The number of nitrogens with zero attached hydrogens (tertiary/aromatic N) is 2. The lowest BCUT2D eigenvalue weighted by atomic mass is 10.0. The summed E-state index contributed by atoms with van der Waals surface area (Å²) in [5.74, 6) is 5.66. The number of halogens is 2. The number of nitrogens with two attached hydrogens (primary N) is 1. The third-order valence-electron chi connectivity index (χ3n) is 2.82. The molecule has 18 heavy (non-hydrogen) atoms. The van der Waals surface area contributed by atoms with Crippen LogP contribution in [0.1, 0.15) is 17.3 Å². The van der Waals surface area contributed by atoms with Crippen molar-refractivity contribution in [2.45, 2.75) is 12.5 Å². The van der Waals surface area contributed by atoms with Crippen molar-refractivity contribution in [2.24, 2.45) is 12.9 Å². The first kappa shape index (κ1) is 13.7. The van der Waals surface area contributed by atoms with Crippen LogP contribution in [0.25, 0.3) is 0 Å². The average molecular weight is 374 g/mol. The van der Waals surface area contributed by atoms with Crippen molar-refractivity contribution >= 4 is 31.9 Å². The minimum absolute atomic E-state index is 0.0213. The van der Waals surface area contributed by atoms with Crippen LogP contribution in [0, 0.1) is 0 Å². The van der Waals surface area contributed by atoms with Gasteiger partial charge in [0, 0.05) is 11.5 Å². The molecule has 2 aromatic rings. The maximum absolute atomic E-state index is 5.66. The van der Waals surface area contributed by atoms with Crippen LogP contribution in [0.3, 0.4) is 0 Å². The zero-order valence-electron chi connectivity index (χ0n) is 9.90. The largest absolute Gasteiger partial charge is 0.271 e. The van der Waals surface area contributed by atoms with Crippen molar-refractivity contribution in [1.82, 2.24) is 15.2 Å². The van der Waals surface area contributed by atoms with Crippen LogP contribution < -0.4 is 11.3 Å². The first-order valence-corrected chi connectivity index (χ1v) is 7.08. The molecule has 1 aromatic heterocycles. The molecule has 96 valence electrons. The van der Waals surface area contributed by atoms with E-state index in [1.165, 1.54) is 5.56 Å². The summed E-state index contributed by atoms with van der Waals surface area (Å²) in [6.07, 6.45) is 2.59. The molecule has 0 aliphatic carbocycles. The fraction of sp³-hybridized carbons (Fsp3) is 0.250. The molecule has 6 heteroatoms. The summed E-state index contributed by atoms with van der Waals surface area (Å²) < 4.78 is 3.86. The molecule has 0 saturated heterocycles. The summed E-state index contributed by atoms with van der Waals surface area (Å²) in [6.45, 7) is 0. The van der Waals surface area contributed by atoms with Gasteiger partial charge in [0.1, 0.15) is 0 Å². The Kier molecular flexibility index (Phi) is 4.55. The van der Waals surface area contributed by atoms with Gasteiger partial charge in [-0.2, -0.15) is 5.10 Å². The highest BCUT2D eigenvalue weighted by atomic mass is 79.9. The van der Waals surface area contributed by atoms with Crippen LogP contribution in [-0.2, 0) is 13.5 Å². The summed E-state index contributed by atoms with van der Waals surface area (Å²) in [6, 6.07) is 8.24. The number of nitrogens with one attached hydrogen (secondary N) is 1. The highest BCUT2D eigenvalue weighted by Crippen LogP contribution is 2.25. The van der Waals surface area contributed by atoms with Gasteiger partial charge in [-0.3, -0.25) is 16.0 Å². The molecule has 0 aliphatic heterocycles. The zero-order chi connectivity index (χ0) is 13.1. The van der Waals surface area contributed by atoms with E-state index in [1.807, 2.05) is 23.9 Å². The number of rotatable bonds is 4. The summed E-state index contributed by atoms with van der Waals surface area (Å²) in [7, 11) is 1.91. The molecule has 1 unspecified atom stereocenters. The second-order valence-corrected chi connectivity index (χ2v) is 5.82. The number of aromatic nitrogens is 2. The minimum atomic E-state index is 0.0213. The van der Waals surface area contributed by atoms with Gasteiger partial charge in [0.05, 0.1) is 22.4 Å². The number of hydrazine groups is 1. The Morgan fingerprint density at radius 2 is 2.00 bits per heavy atom. The molecule has 1 heterocycles. The van der Waals surface area contributed by atoms with Crippen molar-refractivity contribution in [3.05, 3.63) is 50.7 Å². The number of hydrogen-bond acceptors (Lipinski definition) is 3. The standard InChI is InChI=1S/C12H14Br2N4/c1-18-12(10(14)7-16-18)11(17-15)6-8-2-4-9(13)5-3-8/h2-5,7,11,17H,6,15H2,1H3. The van der Waals surface area contributed by atoms with E-state index in [0.29, 0.717) is 0 Å². The van der Waals surface area contributed by atoms with Crippen LogP contribution in [0.15, 0.2) is 39.4 Å². The molecule has 0 saturated carbocycles. The Morgan fingerprint density at radius 1 is 1.33 bits per heavy atom. The molecule has 3 N–H and O–H groups in total. The molecule has 1 aromatic carbocycles. The first-order valence-electron chi connectivity index (χ1n) is 5.49. The molecule has 0 amide bonds. The molecule has 4 nitrogen and oxygen atoms in total. The molecule has 0 spiro atoms. The number of benzene rings is 1. The van der Waals surface area contributed by atoms with Gasteiger partial charge in [-0.25, -0.2) is 0 Å². The van der Waals surface area contributed by atoms with Crippen molar-refractivity contribution in [1.29, 1.82) is 0 Å². The van der Waals surface area contributed by atoms with Crippen molar-refractivity contribution in [3.63, 3.8) is 0 Å². The van der Waals surface area contributed by atoms with Crippen LogP contribution in [-0.4, -0.2) is 9.78 Å². The second kappa shape index (κ2) is 5.97. The quantitative estimate of drug-likeness (QED) is 0.639. The zero-order valence-corrected chi connectivity index (χ0v) is 13.1. The molecule has 0 radical (unpaired) electrons. The highest BCUT2D eigenvalue weighted by Gasteiger charge is 2.17. The van der Waals surface area contributed by atoms with E-state index < -0.39 is 0 Å². The fourth-order valence-electron chi connectivity index (χ4n) is 1.90. The van der Waals surface area contributed by atoms with E-state index in [0.717, 1.165) is 21.1 Å². The smallest absolute Gasteiger partial charge is 0.0709 e. The lowest BCUT2D eigenvalue weighted by molar-refractivity contribution is 0.506. The van der Waals surface area contributed by atoms with Gasteiger partial charge in [-0.05, 0) is 40.0 Å². The van der Waals surface area contributed by atoms with Crippen molar-refractivity contribution in [2.75, 3.05) is 0 Å². The minimum Gasteiger partial charge on any atom is -0.271 e. The third-order valence-corrected chi connectivity index (χ3v) is 3.96. The lowest BCUT2D eigenvalue weighted by Crippen LogP contribution is -2.31. The molecule has 0 aliphatic rings. The van der Waals surface area contributed by atoms with Crippen LogP contribution in [0.4, 0.5) is 0 Å². The van der Waals surface area contributed by atoms with Gasteiger partial charge in [-0.15, -0.1) is 0 Å². The molecular formula is C12H14Br2N4. The van der Waals surface area contributed by atoms with E-state index in [1.54, 1.807) is 6.20 Å². The molecule has 0 bridgehead atoms. The predicted molar refractivity (Wildman–Crippen MR) is 78.8 cm³/mol. The van der Waals surface area contributed by atoms with Crippen molar-refractivity contribution in [3.8, 4) is 0 Å². The Labute approximate surface area is 123 Å². The highest BCUT2D eigenvalue weighted by molar-refractivity contribution is 9.10. The van der Waals surface area contributed by atoms with Gasteiger partial charge < -0.3 is 0 Å². The monoisotopic (exact) mass is 372 g/mol. The van der Waals surface area contributed by atoms with E-state index in [9.17, 15) is 0 Å². The van der Waals surface area contributed by atoms with E-state index >= 15 is 0 Å². The molecular weight excluding hydrogens is 360 g/mol. The topological polar surface area (TPSA) is 55.9 Å². The van der Waals surface area contributed by atoms with Gasteiger partial charge in [0.15, 0.2) is 0 Å². The maximum atomic E-state index is 5.66. The lowest BCUT2D eigenvalue weighted by Gasteiger charge is -2.17. The summed E-state index contributed by atoms with van der Waals surface area (Å²) in [5.41, 5.74) is 5.11. The van der Waals surface area contributed by atoms with Gasteiger partial charge in [0.25, 0.3) is 0 Å². The third kappa shape index (κ3) is 3.00. The van der Waals surface area contributed by atoms with Gasteiger partial charge >= 0.3 is 0 Å². The Hall–Kier alpha value is -0.690. The summed E-state index contributed by atoms with van der Waals surface area (Å²) in [5, 5.41) is 4.21. The van der Waals surface area contributed by atoms with Crippen LogP contribution in [0.5, 0.6) is 0 Å². The van der Waals surface area contributed by atoms with Crippen LogP contribution >= 0.6 is 31.9 Å². The SMILES string of the molecule is Cn1ncc(Br)c1C(Cc1ccc(Br)cc1)NN. The normalized spacial score (nSPS) is 12.7. The second-order valence-electron chi connectivity index (χ2n) is 4.05. The maximum Gasteiger partial charge on any atom is 0.0709 e. The Balaban J connectivity index is 2.22. The number of aryl methyl sites for hydroxylation is 1. The Morgan fingerprint density at radius 3 is 2.50 bits per heavy atom. The van der Waals surface area contributed by atoms with Gasteiger partial charge in [-0.1, -0.05) is 28.1 Å².